The molecule has 4 aromatic rings. The summed E-state index contributed by atoms with van der Waals surface area (Å²) < 4.78 is 2.35. The van der Waals surface area contributed by atoms with Crippen molar-refractivity contribution in [1.82, 2.24) is 4.57 Å². The lowest BCUT2D eigenvalue weighted by atomic mass is 9.85. The van der Waals surface area contributed by atoms with Crippen LogP contribution in [0, 0.1) is 24.2 Å². The molecule has 0 radical (unpaired) electrons. The molecule has 1 heteroatoms. The van der Waals surface area contributed by atoms with Gasteiger partial charge in [0.2, 0.25) is 0 Å². The number of benzene rings is 3. The van der Waals surface area contributed by atoms with Crippen LogP contribution < -0.4 is 0 Å². The van der Waals surface area contributed by atoms with E-state index in [4.69, 9.17) is 6.42 Å². The van der Waals surface area contributed by atoms with E-state index in [1.165, 1.54) is 32.9 Å². The molecule has 0 aliphatic carbocycles. The van der Waals surface area contributed by atoms with Gasteiger partial charge in [-0.15, -0.1) is 6.42 Å². The highest BCUT2D eigenvalue weighted by molar-refractivity contribution is 6.09. The normalized spacial score (nSPS) is 11.9. The minimum absolute atomic E-state index is 0.0988. The first-order chi connectivity index (χ1) is 14.6. The average molecular weight is 404 g/mol. The Bertz CT molecular complexity index is 1310. The Morgan fingerprint density at radius 2 is 1.16 bits per heavy atom. The molecular weight excluding hydrogens is 374 g/mol. The third-order valence-corrected chi connectivity index (χ3v) is 5.90. The van der Waals surface area contributed by atoms with Crippen molar-refractivity contribution >= 4 is 21.8 Å². The predicted octanol–water partition coefficient (Wildman–Crippen LogP) is 7.36. The van der Waals surface area contributed by atoms with E-state index in [9.17, 15) is 0 Å². The first-order valence-corrected chi connectivity index (χ1v) is 10.8. The van der Waals surface area contributed by atoms with Crippen molar-refractivity contribution in [3.63, 3.8) is 0 Å². The fourth-order valence-corrected chi connectivity index (χ4v) is 4.04. The molecular formula is C30H29N. The van der Waals surface area contributed by atoms with Gasteiger partial charge in [0.25, 0.3) is 0 Å². The first-order valence-electron chi connectivity index (χ1n) is 10.8. The second-order valence-electron chi connectivity index (χ2n) is 10.2. The van der Waals surface area contributed by atoms with Crippen LogP contribution in [-0.2, 0) is 10.8 Å². The van der Waals surface area contributed by atoms with E-state index in [-0.39, 0.29) is 10.8 Å². The van der Waals surface area contributed by atoms with E-state index in [0.717, 1.165) is 11.3 Å². The highest BCUT2D eigenvalue weighted by atomic mass is 15.0. The van der Waals surface area contributed by atoms with Crippen LogP contribution in [0.25, 0.3) is 27.5 Å². The van der Waals surface area contributed by atoms with Gasteiger partial charge in [-0.25, -0.2) is 0 Å². The van der Waals surface area contributed by atoms with E-state index in [0.29, 0.717) is 0 Å². The topological polar surface area (TPSA) is 4.93 Å². The standard InChI is InChI=1S/C30H29N/c1-8-9-10-21-11-15-24(16-12-21)31-27-17-13-22(29(2,3)4)19-25(27)26-20-23(30(5,6)7)14-18-28(26)31/h1,11-20H,2-7H3. The van der Waals surface area contributed by atoms with Crippen LogP contribution in [0.5, 0.6) is 0 Å². The molecule has 0 bridgehead atoms. The lowest BCUT2D eigenvalue weighted by molar-refractivity contribution is 0.590. The molecule has 0 fully saturated rings. The van der Waals surface area contributed by atoms with Gasteiger partial charge >= 0.3 is 0 Å². The molecule has 0 N–H and O–H groups in total. The number of hydrogen-bond acceptors (Lipinski definition) is 0. The van der Waals surface area contributed by atoms with Crippen LogP contribution in [-0.4, -0.2) is 4.57 Å². The zero-order valence-corrected chi connectivity index (χ0v) is 19.3. The molecule has 4 rings (SSSR count). The largest absolute Gasteiger partial charge is 0.309 e. The molecule has 31 heavy (non-hydrogen) atoms. The van der Waals surface area contributed by atoms with E-state index >= 15 is 0 Å². The van der Waals surface area contributed by atoms with Crippen LogP contribution >= 0.6 is 0 Å². The van der Waals surface area contributed by atoms with Gasteiger partial charge < -0.3 is 4.57 Å². The van der Waals surface area contributed by atoms with Crippen LogP contribution in [0.3, 0.4) is 0 Å². The molecule has 1 nitrogen and oxygen atoms in total. The van der Waals surface area contributed by atoms with Crippen molar-refractivity contribution in [3.8, 4) is 29.9 Å². The van der Waals surface area contributed by atoms with Crippen LogP contribution in [0.2, 0.25) is 0 Å². The first kappa shape index (κ1) is 20.8. The molecule has 0 saturated heterocycles. The van der Waals surface area contributed by atoms with Gasteiger partial charge in [-0.05, 0) is 82.3 Å². The van der Waals surface area contributed by atoms with Crippen molar-refractivity contribution in [3.05, 3.63) is 77.4 Å². The fourth-order valence-electron chi connectivity index (χ4n) is 4.04. The van der Waals surface area contributed by atoms with E-state index in [1.54, 1.807) is 0 Å². The summed E-state index contributed by atoms with van der Waals surface area (Å²) in [6.07, 6.45) is 5.27. The van der Waals surface area contributed by atoms with E-state index < -0.39 is 0 Å². The van der Waals surface area contributed by atoms with Crippen molar-refractivity contribution in [2.45, 2.75) is 52.4 Å². The van der Waals surface area contributed by atoms with E-state index in [2.05, 4.69) is 112 Å². The zero-order valence-electron chi connectivity index (χ0n) is 19.3. The van der Waals surface area contributed by atoms with Crippen molar-refractivity contribution in [2.75, 3.05) is 0 Å². The Morgan fingerprint density at radius 1 is 0.677 bits per heavy atom. The molecule has 0 aliphatic rings. The molecule has 3 aromatic carbocycles. The maximum atomic E-state index is 5.27. The van der Waals surface area contributed by atoms with Crippen LogP contribution in [0.1, 0.15) is 58.2 Å². The Labute approximate surface area is 186 Å². The number of aromatic nitrogens is 1. The monoisotopic (exact) mass is 403 g/mol. The van der Waals surface area contributed by atoms with Crippen molar-refractivity contribution < 1.29 is 0 Å². The van der Waals surface area contributed by atoms with Crippen molar-refractivity contribution in [2.24, 2.45) is 0 Å². The molecule has 154 valence electrons. The third-order valence-electron chi connectivity index (χ3n) is 5.90. The second-order valence-corrected chi connectivity index (χ2v) is 10.2. The lowest BCUT2D eigenvalue weighted by Gasteiger charge is -2.19. The molecule has 0 saturated carbocycles. The molecule has 1 aromatic heterocycles. The molecule has 1 heterocycles. The highest BCUT2D eigenvalue weighted by Gasteiger charge is 2.20. The van der Waals surface area contributed by atoms with Gasteiger partial charge in [0, 0.05) is 22.0 Å². The summed E-state index contributed by atoms with van der Waals surface area (Å²) in [6, 6.07) is 22.1. The molecule has 0 aliphatic heterocycles. The SMILES string of the molecule is C#CC#Cc1ccc(-n2c3ccc(C(C)(C)C)cc3c3cc(C(C)(C)C)ccc32)cc1. The van der Waals surface area contributed by atoms with Gasteiger partial charge in [0.1, 0.15) is 0 Å². The van der Waals surface area contributed by atoms with Crippen molar-refractivity contribution in [1.29, 1.82) is 0 Å². The quantitative estimate of drug-likeness (QED) is 0.293. The number of fused-ring (bicyclic) bond motifs is 3. The molecule has 0 amide bonds. The summed E-state index contributed by atoms with van der Waals surface area (Å²) in [5.74, 6) is 8.06. The fraction of sp³-hybridized carbons (Fsp3) is 0.267. The zero-order chi connectivity index (χ0) is 22.4. The Balaban J connectivity index is 2.03. The lowest BCUT2D eigenvalue weighted by Crippen LogP contribution is -2.10. The molecule has 0 unspecified atom stereocenters. The third kappa shape index (κ3) is 3.85. The summed E-state index contributed by atoms with van der Waals surface area (Å²) in [4.78, 5) is 0. The summed E-state index contributed by atoms with van der Waals surface area (Å²) in [7, 11) is 0. The number of rotatable bonds is 1. The van der Waals surface area contributed by atoms with Gasteiger partial charge in [0.15, 0.2) is 0 Å². The number of hydrogen-bond donors (Lipinski definition) is 0. The summed E-state index contributed by atoms with van der Waals surface area (Å²) >= 11 is 0. The summed E-state index contributed by atoms with van der Waals surface area (Å²) in [6.45, 7) is 13.6. The maximum absolute atomic E-state index is 5.27. The summed E-state index contributed by atoms with van der Waals surface area (Å²) in [5, 5.41) is 2.59. The Morgan fingerprint density at radius 3 is 1.58 bits per heavy atom. The minimum atomic E-state index is 0.0988. The minimum Gasteiger partial charge on any atom is -0.309 e. The van der Waals surface area contributed by atoms with Gasteiger partial charge in [-0.2, -0.15) is 0 Å². The number of nitrogens with zero attached hydrogens (tertiary/aromatic N) is 1. The van der Waals surface area contributed by atoms with Crippen LogP contribution in [0.15, 0.2) is 60.7 Å². The maximum Gasteiger partial charge on any atom is 0.0541 e. The molecule has 0 atom stereocenters. The van der Waals surface area contributed by atoms with Crippen LogP contribution in [0.4, 0.5) is 0 Å². The summed E-state index contributed by atoms with van der Waals surface area (Å²) in [5.41, 5.74) is 7.38. The van der Waals surface area contributed by atoms with E-state index in [1.807, 2.05) is 12.1 Å². The smallest absolute Gasteiger partial charge is 0.0541 e. The van der Waals surface area contributed by atoms with Gasteiger partial charge in [-0.1, -0.05) is 59.6 Å². The van der Waals surface area contributed by atoms with Gasteiger partial charge in [0.05, 0.1) is 11.0 Å². The second kappa shape index (κ2) is 7.37. The average Bonchev–Trinajstić information content (AvgIpc) is 3.04. The highest BCUT2D eigenvalue weighted by Crippen LogP contribution is 2.37. The Hall–Kier alpha value is -3.42. The number of terminal acetylenes is 1. The Kier molecular flexibility index (Phi) is 4.95. The van der Waals surface area contributed by atoms with Gasteiger partial charge in [-0.3, -0.25) is 0 Å². The molecule has 0 spiro atoms. The predicted molar refractivity (Wildman–Crippen MR) is 134 cm³/mol.